The van der Waals surface area contributed by atoms with Crippen LogP contribution in [0.1, 0.15) is 110 Å². The van der Waals surface area contributed by atoms with Crippen LogP contribution in [0.2, 0.25) is 0 Å². The molecule has 2 aliphatic heterocycles. The van der Waals surface area contributed by atoms with Crippen LogP contribution in [0.25, 0.3) is 0 Å². The van der Waals surface area contributed by atoms with Crippen molar-refractivity contribution < 1.29 is 96.0 Å². The van der Waals surface area contributed by atoms with E-state index in [0.29, 0.717) is 28.8 Å². The van der Waals surface area contributed by atoms with E-state index in [1.54, 1.807) is 41.5 Å². The number of fused-ring (bicyclic) bond motifs is 2. The van der Waals surface area contributed by atoms with Crippen molar-refractivity contribution in [3.63, 3.8) is 0 Å². The van der Waals surface area contributed by atoms with E-state index in [-0.39, 0.29) is 47.8 Å². The van der Waals surface area contributed by atoms with Crippen LogP contribution in [0, 0.1) is 40.8 Å². The molecule has 0 radical (unpaired) electrons. The summed E-state index contributed by atoms with van der Waals surface area (Å²) < 4.78 is 176. The van der Waals surface area contributed by atoms with Crippen LogP contribution in [0.3, 0.4) is 0 Å². The van der Waals surface area contributed by atoms with Gasteiger partial charge in [-0.15, -0.1) is 0 Å². The number of rotatable bonds is 13. The van der Waals surface area contributed by atoms with E-state index >= 15 is 0 Å². The first-order chi connectivity index (χ1) is 37.5. The van der Waals surface area contributed by atoms with Gasteiger partial charge in [-0.25, -0.2) is 45.9 Å². The van der Waals surface area contributed by atoms with Crippen LogP contribution in [0.5, 0.6) is 0 Å². The van der Waals surface area contributed by atoms with Gasteiger partial charge >= 0.3 is 30.4 Å². The number of esters is 1. The minimum Gasteiger partial charge on any atom is -0.476 e. The van der Waals surface area contributed by atoms with Gasteiger partial charge in [-0.05, 0) is 89.8 Å². The third kappa shape index (κ3) is 16.0. The molecule has 438 valence electrons. The Kier molecular flexibility index (Phi) is 18.6. The van der Waals surface area contributed by atoms with Gasteiger partial charge in [0.15, 0.2) is 34.7 Å². The smallest absolute Gasteiger partial charge is 0.449 e. The number of alkyl halides is 6. The second kappa shape index (κ2) is 24.3. The number of alkyl carbamates (subject to hydrolysis) is 1. The summed E-state index contributed by atoms with van der Waals surface area (Å²) in [5.74, 6) is -17.0. The van der Waals surface area contributed by atoms with Crippen LogP contribution < -0.4 is 10.6 Å². The SMILES string of the molecule is CC(C)(C)OC(=O)C(CC(=O)N1CCn2c(C(F)(F)F)nc(C(=O)O)c2C1)Cc1cc(F)c(F)cc1F.CC(C)(C)OC(=O)NC(CC(=O)N1CCn2c(C(F)(F)F)nc(C(=O)Nc3cccnc3)c2C1)Cc1cc(F)c(F)cc1F. The highest BCUT2D eigenvalue weighted by Gasteiger charge is 2.44. The maximum Gasteiger partial charge on any atom is 0.449 e. The lowest BCUT2D eigenvalue weighted by atomic mass is 9.94. The predicted molar refractivity (Wildman–Crippen MR) is 256 cm³/mol. The van der Waals surface area contributed by atoms with Gasteiger partial charge in [0.05, 0.1) is 42.3 Å². The Morgan fingerprint density at radius 3 is 1.57 bits per heavy atom. The first-order valence-corrected chi connectivity index (χ1v) is 24.3. The number of carbonyl (C=O) groups is 6. The summed E-state index contributed by atoms with van der Waals surface area (Å²) in [5, 5.41) is 14.2. The second-order valence-electron chi connectivity index (χ2n) is 20.5. The Bertz CT molecular complexity index is 3210. The number of aromatic nitrogens is 5. The molecule has 0 bridgehead atoms. The molecule has 2 aliphatic rings. The minimum atomic E-state index is -4.93. The molecule has 0 spiro atoms. The number of aromatic carboxylic acids is 1. The van der Waals surface area contributed by atoms with E-state index in [1.807, 2.05) is 0 Å². The van der Waals surface area contributed by atoms with Crippen LogP contribution in [0.15, 0.2) is 48.8 Å². The van der Waals surface area contributed by atoms with Gasteiger partial charge in [-0.2, -0.15) is 26.3 Å². The normalized spacial score (nSPS) is 14.4. The molecule has 3 aromatic heterocycles. The third-order valence-electron chi connectivity index (χ3n) is 12.0. The number of halogens is 12. The zero-order chi connectivity index (χ0) is 60.3. The van der Waals surface area contributed by atoms with Gasteiger partial charge in [0.1, 0.15) is 22.8 Å². The maximum absolute atomic E-state index is 14.4. The molecule has 5 heterocycles. The fourth-order valence-corrected chi connectivity index (χ4v) is 8.50. The van der Waals surface area contributed by atoms with Crippen molar-refractivity contribution in [3.05, 3.63) is 129 Å². The number of nitrogens with zero attached hydrogens (tertiary/aromatic N) is 7. The molecule has 0 saturated carbocycles. The zero-order valence-electron chi connectivity index (χ0n) is 43.7. The molecule has 2 unspecified atom stereocenters. The van der Waals surface area contributed by atoms with Gasteiger partial charge in [0.2, 0.25) is 23.5 Å². The number of carbonyl (C=O) groups excluding carboxylic acids is 5. The number of ether oxygens (including phenoxy) is 2. The molecule has 3 N–H and O–H groups in total. The molecule has 0 saturated heterocycles. The average molecular weight is 1160 g/mol. The Hall–Kier alpha value is -8.21. The molecule has 2 aromatic carbocycles. The van der Waals surface area contributed by atoms with Gasteiger partial charge in [-0.3, -0.25) is 24.2 Å². The quantitative estimate of drug-likeness (QED) is 0.0572. The minimum absolute atomic E-state index is 0.179. The topological polar surface area (TPSA) is 220 Å². The summed E-state index contributed by atoms with van der Waals surface area (Å²) in [6, 6.07) is 3.58. The van der Waals surface area contributed by atoms with Gasteiger partial charge in [0.25, 0.3) is 5.91 Å². The lowest BCUT2D eigenvalue weighted by Gasteiger charge is -2.31. The molecule has 7 rings (SSSR count). The van der Waals surface area contributed by atoms with Gasteiger partial charge < -0.3 is 44.1 Å². The monoisotopic (exact) mass is 1160 g/mol. The number of imidazole rings is 2. The van der Waals surface area contributed by atoms with Crippen LogP contribution in [-0.2, 0) is 75.2 Å². The standard InChI is InChI=1S/C28H28F6N6O4.C23H23F6N3O5/c1-27(2,3)44-26(43)37-17(9-15-10-19(30)20(31)12-18(15)29)11-22(41)39-7-8-40-21(14-39)23(38-25(40)28(32,33)34)24(42)36-16-5-4-6-35-13-16;1-22(2,3)37-20(36)12(6-11-7-14(25)15(26)9-13(11)24)8-17(33)31-4-5-32-16(10-31)18(19(34)35)30-21(32)23(27,28)29/h4-6,10,12-13,17H,7-9,11,14H2,1-3H3,(H,36,42)(H,37,43);7,9,12H,4-6,8,10H2,1-3H3,(H,34,35). The van der Waals surface area contributed by atoms with Crippen molar-refractivity contribution in [1.29, 1.82) is 0 Å². The summed E-state index contributed by atoms with van der Waals surface area (Å²) >= 11 is 0. The van der Waals surface area contributed by atoms with E-state index < -0.39 is 175 Å². The number of pyridine rings is 1. The van der Waals surface area contributed by atoms with Gasteiger partial charge in [0, 0.05) is 63.4 Å². The highest BCUT2D eigenvalue weighted by Crippen LogP contribution is 2.35. The number of hydrogen-bond acceptors (Lipinski definition) is 11. The van der Waals surface area contributed by atoms with Crippen molar-refractivity contribution in [1.82, 2.24) is 39.2 Å². The zero-order valence-corrected chi connectivity index (χ0v) is 43.7. The molecular weight excluding hydrogens is 1110 g/mol. The van der Waals surface area contributed by atoms with E-state index in [2.05, 4.69) is 25.6 Å². The first-order valence-electron chi connectivity index (χ1n) is 24.3. The highest BCUT2D eigenvalue weighted by atomic mass is 19.4. The van der Waals surface area contributed by atoms with E-state index in [4.69, 9.17) is 9.47 Å². The maximum atomic E-state index is 14.4. The summed E-state index contributed by atoms with van der Waals surface area (Å²) in [5.41, 5.74) is -4.41. The fourth-order valence-electron chi connectivity index (χ4n) is 8.50. The Labute approximate surface area is 452 Å². The summed E-state index contributed by atoms with van der Waals surface area (Å²) in [7, 11) is 0. The van der Waals surface area contributed by atoms with E-state index in [1.165, 1.54) is 24.5 Å². The summed E-state index contributed by atoms with van der Waals surface area (Å²) in [6.07, 6.45) is -10.2. The summed E-state index contributed by atoms with van der Waals surface area (Å²) in [6.45, 7) is 7.13. The van der Waals surface area contributed by atoms with Crippen molar-refractivity contribution >= 4 is 41.4 Å². The van der Waals surface area contributed by atoms with Crippen molar-refractivity contribution in [2.24, 2.45) is 5.92 Å². The second-order valence-corrected chi connectivity index (χ2v) is 20.5. The number of carboxylic acid groups (broad SMARTS) is 1. The number of hydrogen-bond donors (Lipinski definition) is 3. The van der Waals surface area contributed by atoms with E-state index in [9.17, 15) is 86.6 Å². The predicted octanol–water partition coefficient (Wildman–Crippen LogP) is 8.79. The molecule has 5 aromatic rings. The first kappa shape index (κ1) is 62.0. The molecule has 2 atom stereocenters. The number of nitrogens with one attached hydrogen (secondary N) is 2. The Morgan fingerprint density at radius 1 is 0.630 bits per heavy atom. The summed E-state index contributed by atoms with van der Waals surface area (Å²) in [4.78, 5) is 89.0. The van der Waals surface area contributed by atoms with Crippen molar-refractivity contribution in [2.75, 3.05) is 18.4 Å². The van der Waals surface area contributed by atoms with Crippen molar-refractivity contribution in [2.45, 2.75) is 123 Å². The average Bonchev–Trinajstić information content (AvgIpc) is 4.20. The molecule has 0 aliphatic carbocycles. The van der Waals surface area contributed by atoms with Crippen LogP contribution in [0.4, 0.5) is 63.2 Å². The molecule has 30 heteroatoms. The highest BCUT2D eigenvalue weighted by molar-refractivity contribution is 6.03. The Morgan fingerprint density at radius 2 is 1.10 bits per heavy atom. The Balaban J connectivity index is 0.000000265. The molecule has 18 nitrogen and oxygen atoms in total. The number of anilines is 1. The third-order valence-corrected chi connectivity index (χ3v) is 12.0. The molecule has 81 heavy (non-hydrogen) atoms. The van der Waals surface area contributed by atoms with Crippen LogP contribution in [-0.4, -0.2) is 105 Å². The largest absolute Gasteiger partial charge is 0.476 e. The number of amides is 4. The molecular formula is C51H51F12N9O9. The van der Waals surface area contributed by atoms with Crippen molar-refractivity contribution in [3.8, 4) is 0 Å². The molecule has 4 amide bonds. The lowest BCUT2D eigenvalue weighted by molar-refractivity contribution is -0.162. The lowest BCUT2D eigenvalue weighted by Crippen LogP contribution is -2.45. The number of carboxylic acids is 1. The van der Waals surface area contributed by atoms with Gasteiger partial charge in [-0.1, -0.05) is 0 Å². The van der Waals surface area contributed by atoms with E-state index in [0.717, 1.165) is 14.4 Å². The number of benzene rings is 2. The fraction of sp³-hybridized carbons (Fsp3) is 0.431. The van der Waals surface area contributed by atoms with Crippen LogP contribution >= 0.6 is 0 Å². The molecule has 0 fully saturated rings.